The third-order valence-electron chi connectivity index (χ3n) is 4.84. The van der Waals surface area contributed by atoms with Crippen molar-refractivity contribution in [2.45, 2.75) is 31.7 Å². The van der Waals surface area contributed by atoms with E-state index in [-0.39, 0.29) is 18.7 Å². The van der Waals surface area contributed by atoms with Crippen molar-refractivity contribution in [1.29, 1.82) is 5.26 Å². The monoisotopic (exact) mass is 428 g/mol. The maximum absolute atomic E-state index is 13.2. The number of nitrogens with one attached hydrogen (secondary N) is 1. The number of anilines is 1. The summed E-state index contributed by atoms with van der Waals surface area (Å²) in [6.07, 6.45) is -3.14. The number of rotatable bonds is 6. The van der Waals surface area contributed by atoms with Crippen molar-refractivity contribution in [1.82, 2.24) is 9.78 Å². The van der Waals surface area contributed by atoms with Crippen LogP contribution in [-0.2, 0) is 17.5 Å². The SMILES string of the molecule is CC[C@](O)(Cn1ccc(-c2ccccc2)n1)C(=O)Nc1ccc(C#N)c(C(F)(F)F)c1. The zero-order valence-electron chi connectivity index (χ0n) is 16.5. The molecule has 3 rings (SSSR count). The molecule has 31 heavy (non-hydrogen) atoms. The summed E-state index contributed by atoms with van der Waals surface area (Å²) in [6, 6.07) is 15.4. The first-order valence-electron chi connectivity index (χ1n) is 9.40. The molecule has 6 nitrogen and oxygen atoms in total. The lowest BCUT2D eigenvalue weighted by Crippen LogP contribution is -2.46. The van der Waals surface area contributed by atoms with Crippen LogP contribution in [0.2, 0.25) is 0 Å². The van der Waals surface area contributed by atoms with Gasteiger partial charge < -0.3 is 10.4 Å². The lowest BCUT2D eigenvalue weighted by atomic mass is 9.99. The van der Waals surface area contributed by atoms with E-state index in [1.807, 2.05) is 30.3 Å². The maximum Gasteiger partial charge on any atom is 0.417 e. The Hall–Kier alpha value is -3.64. The third kappa shape index (κ3) is 4.92. The number of carbonyl (C=O) groups is 1. The highest BCUT2D eigenvalue weighted by Gasteiger charge is 2.37. The van der Waals surface area contributed by atoms with Gasteiger partial charge in [-0.3, -0.25) is 9.48 Å². The van der Waals surface area contributed by atoms with Crippen LogP contribution >= 0.6 is 0 Å². The van der Waals surface area contributed by atoms with E-state index < -0.39 is 28.8 Å². The van der Waals surface area contributed by atoms with E-state index in [0.717, 1.165) is 11.6 Å². The number of hydrogen-bond donors (Lipinski definition) is 2. The maximum atomic E-state index is 13.2. The van der Waals surface area contributed by atoms with Gasteiger partial charge in [-0.2, -0.15) is 23.5 Å². The molecule has 0 saturated heterocycles. The Bertz CT molecular complexity index is 1120. The van der Waals surface area contributed by atoms with E-state index in [2.05, 4.69) is 10.4 Å². The molecule has 1 atom stereocenters. The Morgan fingerprint density at radius 2 is 1.90 bits per heavy atom. The topological polar surface area (TPSA) is 90.9 Å². The minimum Gasteiger partial charge on any atom is -0.378 e. The predicted molar refractivity (Wildman–Crippen MR) is 108 cm³/mol. The summed E-state index contributed by atoms with van der Waals surface area (Å²) in [5.74, 6) is -0.871. The Morgan fingerprint density at radius 1 is 1.19 bits per heavy atom. The van der Waals surface area contributed by atoms with Crippen molar-refractivity contribution in [3.63, 3.8) is 0 Å². The molecule has 1 heterocycles. The summed E-state index contributed by atoms with van der Waals surface area (Å²) < 4.78 is 40.9. The minimum absolute atomic E-state index is 0.00176. The first-order chi connectivity index (χ1) is 14.7. The molecule has 1 aromatic heterocycles. The summed E-state index contributed by atoms with van der Waals surface area (Å²) in [6.45, 7) is 1.39. The van der Waals surface area contributed by atoms with Gasteiger partial charge in [-0.25, -0.2) is 0 Å². The number of hydrogen-bond acceptors (Lipinski definition) is 4. The van der Waals surface area contributed by atoms with Gasteiger partial charge in [0.25, 0.3) is 5.91 Å². The van der Waals surface area contributed by atoms with Crippen LogP contribution in [0.25, 0.3) is 11.3 Å². The van der Waals surface area contributed by atoms with Crippen LogP contribution in [0.3, 0.4) is 0 Å². The lowest BCUT2D eigenvalue weighted by molar-refractivity contribution is -0.138. The molecular formula is C22H19F3N4O2. The van der Waals surface area contributed by atoms with Gasteiger partial charge in [0, 0.05) is 17.4 Å². The molecule has 3 aromatic rings. The fraction of sp³-hybridized carbons (Fsp3) is 0.227. The highest BCUT2D eigenvalue weighted by Crippen LogP contribution is 2.33. The molecule has 2 aromatic carbocycles. The quantitative estimate of drug-likeness (QED) is 0.615. The summed E-state index contributed by atoms with van der Waals surface area (Å²) in [4.78, 5) is 12.7. The normalized spacial score (nSPS) is 13.3. The van der Waals surface area contributed by atoms with Crippen molar-refractivity contribution >= 4 is 11.6 Å². The van der Waals surface area contributed by atoms with Crippen LogP contribution in [0.1, 0.15) is 24.5 Å². The average molecular weight is 428 g/mol. The van der Waals surface area contributed by atoms with Crippen molar-refractivity contribution in [3.8, 4) is 17.3 Å². The molecule has 2 N–H and O–H groups in total. The molecule has 0 aliphatic rings. The van der Waals surface area contributed by atoms with E-state index >= 15 is 0 Å². The Balaban J connectivity index is 1.80. The third-order valence-corrected chi connectivity index (χ3v) is 4.84. The van der Waals surface area contributed by atoms with Gasteiger partial charge in [-0.1, -0.05) is 37.3 Å². The number of amides is 1. The predicted octanol–water partition coefficient (Wildman–Crippen LogP) is 4.22. The van der Waals surface area contributed by atoms with Crippen LogP contribution in [0.15, 0.2) is 60.8 Å². The van der Waals surface area contributed by atoms with Crippen molar-refractivity contribution in [2.75, 3.05) is 5.32 Å². The molecule has 0 radical (unpaired) electrons. The van der Waals surface area contributed by atoms with Gasteiger partial charge in [-0.05, 0) is 30.7 Å². The number of halogens is 3. The number of aromatic nitrogens is 2. The first kappa shape index (κ1) is 22.1. The van der Waals surface area contributed by atoms with Gasteiger partial charge >= 0.3 is 6.18 Å². The molecule has 0 aliphatic heterocycles. The van der Waals surface area contributed by atoms with Crippen molar-refractivity contribution < 1.29 is 23.1 Å². The van der Waals surface area contributed by atoms with Crippen molar-refractivity contribution in [3.05, 3.63) is 71.9 Å². The number of alkyl halides is 3. The Labute approximate surface area is 176 Å². The summed E-state index contributed by atoms with van der Waals surface area (Å²) >= 11 is 0. The zero-order chi connectivity index (χ0) is 22.6. The second kappa shape index (κ2) is 8.62. The number of nitrogens with zero attached hydrogens (tertiary/aromatic N) is 3. The smallest absolute Gasteiger partial charge is 0.378 e. The molecule has 0 aliphatic carbocycles. The first-order valence-corrected chi connectivity index (χ1v) is 9.40. The highest BCUT2D eigenvalue weighted by molar-refractivity contribution is 5.97. The number of nitriles is 1. The molecule has 0 saturated carbocycles. The van der Waals surface area contributed by atoms with Gasteiger partial charge in [0.2, 0.25) is 0 Å². The summed E-state index contributed by atoms with van der Waals surface area (Å²) in [5.41, 5.74) is -2.28. The van der Waals surface area contributed by atoms with Crippen molar-refractivity contribution in [2.24, 2.45) is 0 Å². The molecule has 160 valence electrons. The van der Waals surface area contributed by atoms with Crippen LogP contribution in [-0.4, -0.2) is 26.4 Å². The van der Waals surface area contributed by atoms with Gasteiger partial charge in [0.15, 0.2) is 5.60 Å². The fourth-order valence-electron chi connectivity index (χ4n) is 3.03. The minimum atomic E-state index is -4.75. The van der Waals surface area contributed by atoms with E-state index in [9.17, 15) is 23.1 Å². The largest absolute Gasteiger partial charge is 0.417 e. The molecular weight excluding hydrogens is 409 g/mol. The number of carbonyl (C=O) groups excluding carboxylic acids is 1. The Morgan fingerprint density at radius 3 is 2.52 bits per heavy atom. The molecule has 0 spiro atoms. The summed E-state index contributed by atoms with van der Waals surface area (Å²) in [7, 11) is 0. The van der Waals surface area contributed by atoms with Crippen LogP contribution in [0.5, 0.6) is 0 Å². The number of aliphatic hydroxyl groups is 1. The van der Waals surface area contributed by atoms with E-state index in [0.29, 0.717) is 11.8 Å². The van der Waals surface area contributed by atoms with E-state index in [4.69, 9.17) is 5.26 Å². The molecule has 0 unspecified atom stereocenters. The Kier molecular flexibility index (Phi) is 6.13. The zero-order valence-corrected chi connectivity index (χ0v) is 16.5. The molecule has 0 fully saturated rings. The number of benzene rings is 2. The van der Waals surface area contributed by atoms with Crippen LogP contribution in [0.4, 0.5) is 18.9 Å². The summed E-state index contributed by atoms with van der Waals surface area (Å²) in [5, 5.41) is 26.4. The fourth-order valence-corrected chi connectivity index (χ4v) is 3.03. The van der Waals surface area contributed by atoms with Crippen LogP contribution < -0.4 is 5.32 Å². The molecule has 1 amide bonds. The van der Waals surface area contributed by atoms with Crippen LogP contribution in [0, 0.1) is 11.3 Å². The van der Waals surface area contributed by atoms with Gasteiger partial charge in [-0.15, -0.1) is 0 Å². The molecule has 9 heteroatoms. The average Bonchev–Trinajstić information content (AvgIpc) is 3.21. The second-order valence-electron chi connectivity index (χ2n) is 6.97. The van der Waals surface area contributed by atoms with E-state index in [1.54, 1.807) is 19.2 Å². The van der Waals surface area contributed by atoms with Gasteiger partial charge in [0.1, 0.15) is 0 Å². The van der Waals surface area contributed by atoms with E-state index in [1.165, 1.54) is 16.8 Å². The molecule has 0 bridgehead atoms. The standard InChI is InChI=1S/C22H19F3N4O2/c1-2-21(31,14-29-11-10-19(28-29)15-6-4-3-5-7-15)20(30)27-17-9-8-16(13-26)18(12-17)22(23,24)25/h3-12,31H,2,14H2,1H3,(H,27,30)/t21-/m0/s1. The van der Waals surface area contributed by atoms with Gasteiger partial charge in [0.05, 0.1) is 29.4 Å². The second-order valence-corrected chi connectivity index (χ2v) is 6.97. The highest BCUT2D eigenvalue weighted by atomic mass is 19.4. The lowest BCUT2D eigenvalue weighted by Gasteiger charge is -2.25.